The maximum absolute atomic E-state index is 11.5. The maximum atomic E-state index is 11.5. The number of esters is 1. The molecule has 0 bridgehead atoms. The van der Waals surface area contributed by atoms with Gasteiger partial charge in [-0.05, 0) is 6.42 Å². The number of nitrogens with zero attached hydrogens (tertiary/aromatic N) is 3. The van der Waals surface area contributed by atoms with E-state index >= 15 is 0 Å². The number of hydrogen-bond donors (Lipinski definition) is 1. The molecule has 1 N–H and O–H groups in total. The average Bonchev–Trinajstić information content (AvgIpc) is 2.78. The van der Waals surface area contributed by atoms with Crippen molar-refractivity contribution in [2.75, 3.05) is 13.7 Å². The number of rotatable bonds is 8. The van der Waals surface area contributed by atoms with Crippen LogP contribution in [0.15, 0.2) is 6.33 Å². The van der Waals surface area contributed by atoms with E-state index < -0.39 is 0 Å². The monoisotopic (exact) mass is 254 g/mol. The van der Waals surface area contributed by atoms with Crippen molar-refractivity contribution >= 4 is 5.97 Å². The molecule has 18 heavy (non-hydrogen) atoms. The standard InChI is InChI=1S/C12H22N4O2/c1-4-5-6-10(12(17)18-3)13-8-7-11-14-9-16(2)15-11/h9-10,13H,4-8H2,1-3H3. The summed E-state index contributed by atoms with van der Waals surface area (Å²) in [4.78, 5) is 15.7. The van der Waals surface area contributed by atoms with Gasteiger partial charge in [0.1, 0.15) is 12.4 Å². The first-order valence-corrected chi connectivity index (χ1v) is 6.33. The molecule has 1 aromatic heterocycles. The largest absolute Gasteiger partial charge is 0.468 e. The van der Waals surface area contributed by atoms with E-state index in [-0.39, 0.29) is 12.0 Å². The van der Waals surface area contributed by atoms with Gasteiger partial charge in [-0.1, -0.05) is 19.8 Å². The first-order chi connectivity index (χ1) is 8.67. The van der Waals surface area contributed by atoms with Crippen LogP contribution in [0.3, 0.4) is 0 Å². The lowest BCUT2D eigenvalue weighted by atomic mass is 10.1. The Hall–Kier alpha value is -1.43. The molecule has 1 rings (SSSR count). The number of aryl methyl sites for hydroxylation is 1. The van der Waals surface area contributed by atoms with Gasteiger partial charge in [-0.3, -0.25) is 9.48 Å². The molecule has 0 fully saturated rings. The van der Waals surface area contributed by atoms with Crippen molar-refractivity contribution in [1.82, 2.24) is 20.1 Å². The molecule has 0 saturated heterocycles. The smallest absolute Gasteiger partial charge is 0.322 e. The molecule has 1 heterocycles. The van der Waals surface area contributed by atoms with Crippen molar-refractivity contribution < 1.29 is 9.53 Å². The zero-order valence-corrected chi connectivity index (χ0v) is 11.3. The van der Waals surface area contributed by atoms with E-state index in [0.29, 0.717) is 13.0 Å². The molecule has 0 aliphatic carbocycles. The summed E-state index contributed by atoms with van der Waals surface area (Å²) in [6.45, 7) is 2.78. The Morgan fingerprint density at radius 3 is 2.94 bits per heavy atom. The van der Waals surface area contributed by atoms with Gasteiger partial charge >= 0.3 is 5.97 Å². The van der Waals surface area contributed by atoms with E-state index in [2.05, 4.69) is 22.3 Å². The first-order valence-electron chi connectivity index (χ1n) is 6.33. The zero-order chi connectivity index (χ0) is 13.4. The van der Waals surface area contributed by atoms with Crippen LogP contribution in [0.4, 0.5) is 0 Å². The van der Waals surface area contributed by atoms with Gasteiger partial charge in [-0.25, -0.2) is 4.98 Å². The van der Waals surface area contributed by atoms with Crippen LogP contribution < -0.4 is 5.32 Å². The van der Waals surface area contributed by atoms with Crippen molar-refractivity contribution in [3.05, 3.63) is 12.2 Å². The summed E-state index contributed by atoms with van der Waals surface area (Å²) in [7, 11) is 3.26. The molecule has 6 nitrogen and oxygen atoms in total. The van der Waals surface area contributed by atoms with Gasteiger partial charge in [-0.15, -0.1) is 0 Å². The molecule has 0 spiro atoms. The average molecular weight is 254 g/mol. The molecule has 0 aliphatic heterocycles. The summed E-state index contributed by atoms with van der Waals surface area (Å²) in [5.74, 6) is 0.585. The number of ether oxygens (including phenoxy) is 1. The van der Waals surface area contributed by atoms with Crippen molar-refractivity contribution in [1.29, 1.82) is 0 Å². The van der Waals surface area contributed by atoms with Crippen LogP contribution in [0.5, 0.6) is 0 Å². The Bertz CT molecular complexity index is 365. The minimum atomic E-state index is -0.223. The van der Waals surface area contributed by atoms with E-state index in [4.69, 9.17) is 4.74 Å². The fourth-order valence-corrected chi connectivity index (χ4v) is 1.71. The van der Waals surface area contributed by atoms with Gasteiger partial charge in [-0.2, -0.15) is 5.10 Å². The summed E-state index contributed by atoms with van der Waals surface area (Å²) in [6, 6.07) is -0.223. The Kier molecular flexibility index (Phi) is 6.35. The normalized spacial score (nSPS) is 12.4. The fraction of sp³-hybridized carbons (Fsp3) is 0.750. The first kappa shape index (κ1) is 14.6. The minimum absolute atomic E-state index is 0.197. The third-order valence-corrected chi connectivity index (χ3v) is 2.72. The molecule has 0 saturated carbocycles. The molecular formula is C12H22N4O2. The SMILES string of the molecule is CCCCC(NCCc1ncn(C)n1)C(=O)OC. The van der Waals surface area contributed by atoms with E-state index in [1.807, 2.05) is 7.05 Å². The molecule has 0 aliphatic rings. The second-order valence-corrected chi connectivity index (χ2v) is 4.26. The lowest BCUT2D eigenvalue weighted by Gasteiger charge is -2.15. The summed E-state index contributed by atoms with van der Waals surface area (Å²) >= 11 is 0. The van der Waals surface area contributed by atoms with Crippen molar-refractivity contribution in [2.24, 2.45) is 7.05 Å². The van der Waals surface area contributed by atoms with Crippen LogP contribution in [0.2, 0.25) is 0 Å². The Balaban J connectivity index is 2.34. The second-order valence-electron chi connectivity index (χ2n) is 4.26. The molecular weight excluding hydrogens is 232 g/mol. The number of unbranched alkanes of at least 4 members (excludes halogenated alkanes) is 1. The lowest BCUT2D eigenvalue weighted by molar-refractivity contribution is -0.143. The number of methoxy groups -OCH3 is 1. The highest BCUT2D eigenvalue weighted by Crippen LogP contribution is 2.02. The van der Waals surface area contributed by atoms with Crippen LogP contribution >= 0.6 is 0 Å². The van der Waals surface area contributed by atoms with E-state index in [0.717, 1.165) is 25.1 Å². The molecule has 102 valence electrons. The van der Waals surface area contributed by atoms with Gasteiger partial charge in [0.15, 0.2) is 5.82 Å². The third-order valence-electron chi connectivity index (χ3n) is 2.72. The highest BCUT2D eigenvalue weighted by Gasteiger charge is 2.17. The van der Waals surface area contributed by atoms with Gasteiger partial charge in [0.2, 0.25) is 0 Å². The quantitative estimate of drug-likeness (QED) is 0.691. The molecule has 1 atom stereocenters. The van der Waals surface area contributed by atoms with Gasteiger partial charge in [0.25, 0.3) is 0 Å². The summed E-state index contributed by atoms with van der Waals surface area (Å²) in [5, 5.41) is 7.38. The van der Waals surface area contributed by atoms with Crippen LogP contribution in [-0.2, 0) is 23.0 Å². The van der Waals surface area contributed by atoms with Crippen molar-refractivity contribution in [3.8, 4) is 0 Å². The van der Waals surface area contributed by atoms with E-state index in [9.17, 15) is 4.79 Å². The Morgan fingerprint density at radius 1 is 1.61 bits per heavy atom. The maximum Gasteiger partial charge on any atom is 0.322 e. The second kappa shape index (κ2) is 7.81. The molecule has 1 unspecified atom stereocenters. The van der Waals surface area contributed by atoms with E-state index in [1.165, 1.54) is 7.11 Å². The number of hydrogen-bond acceptors (Lipinski definition) is 5. The predicted molar refractivity (Wildman–Crippen MR) is 68.0 cm³/mol. The van der Waals surface area contributed by atoms with E-state index in [1.54, 1.807) is 11.0 Å². The molecule has 0 aromatic carbocycles. The summed E-state index contributed by atoms with van der Waals surface area (Å²) in [6.07, 6.45) is 5.26. The topological polar surface area (TPSA) is 69.0 Å². The van der Waals surface area contributed by atoms with Gasteiger partial charge in [0, 0.05) is 20.0 Å². The molecule has 0 radical (unpaired) electrons. The molecule has 0 amide bonds. The van der Waals surface area contributed by atoms with Gasteiger partial charge < -0.3 is 10.1 Å². The number of nitrogens with one attached hydrogen (secondary N) is 1. The van der Waals surface area contributed by atoms with Crippen LogP contribution in [0, 0.1) is 0 Å². The Morgan fingerprint density at radius 2 is 2.39 bits per heavy atom. The number of carbonyl (C=O) groups is 1. The van der Waals surface area contributed by atoms with Crippen LogP contribution in [0.1, 0.15) is 32.0 Å². The lowest BCUT2D eigenvalue weighted by Crippen LogP contribution is -2.38. The Labute approximate surface area is 108 Å². The number of carbonyl (C=O) groups excluding carboxylic acids is 1. The minimum Gasteiger partial charge on any atom is -0.468 e. The zero-order valence-electron chi connectivity index (χ0n) is 11.3. The van der Waals surface area contributed by atoms with Gasteiger partial charge in [0.05, 0.1) is 7.11 Å². The number of aromatic nitrogens is 3. The highest BCUT2D eigenvalue weighted by molar-refractivity contribution is 5.75. The fourth-order valence-electron chi connectivity index (χ4n) is 1.71. The predicted octanol–water partition coefficient (Wildman–Crippen LogP) is 0.679. The van der Waals surface area contributed by atoms with Crippen molar-refractivity contribution in [2.45, 2.75) is 38.6 Å². The van der Waals surface area contributed by atoms with Crippen LogP contribution in [0.25, 0.3) is 0 Å². The summed E-state index contributed by atoms with van der Waals surface area (Å²) in [5.41, 5.74) is 0. The van der Waals surface area contributed by atoms with Crippen LogP contribution in [-0.4, -0.2) is 40.4 Å². The molecule has 6 heteroatoms. The highest BCUT2D eigenvalue weighted by atomic mass is 16.5. The third kappa shape index (κ3) is 4.83. The summed E-state index contributed by atoms with van der Waals surface area (Å²) < 4.78 is 6.45. The van der Waals surface area contributed by atoms with Crippen molar-refractivity contribution in [3.63, 3.8) is 0 Å². The molecule has 1 aromatic rings.